The van der Waals surface area contributed by atoms with Gasteiger partial charge >= 0.3 is 0 Å². The van der Waals surface area contributed by atoms with Crippen molar-refractivity contribution >= 4 is 5.91 Å². The number of phenols is 1. The van der Waals surface area contributed by atoms with Gasteiger partial charge in [-0.15, -0.1) is 0 Å². The molecule has 1 amide bonds. The predicted octanol–water partition coefficient (Wildman–Crippen LogP) is 1.21. The third kappa shape index (κ3) is 4.32. The largest absolute Gasteiger partial charge is 0.508 e. The first-order valence-electron chi connectivity index (χ1n) is 5.47. The van der Waals surface area contributed by atoms with E-state index in [4.69, 9.17) is 16.4 Å². The summed E-state index contributed by atoms with van der Waals surface area (Å²) in [5.41, 5.74) is 14.1. The minimum atomic E-state index is -0.614. The summed E-state index contributed by atoms with van der Waals surface area (Å²) in [4.78, 5) is 14.0. The second-order valence-electron chi connectivity index (χ2n) is 3.69. The van der Waals surface area contributed by atoms with E-state index in [1.807, 2.05) is 0 Å². The summed E-state index contributed by atoms with van der Waals surface area (Å²) < 4.78 is 0. The van der Waals surface area contributed by atoms with Gasteiger partial charge in [-0.05, 0) is 36.2 Å². The Morgan fingerprint density at radius 1 is 1.50 bits per heavy atom. The maximum atomic E-state index is 11.3. The van der Waals surface area contributed by atoms with Gasteiger partial charge in [-0.2, -0.15) is 0 Å². The molecule has 96 valence electrons. The normalized spacial score (nSPS) is 11.6. The van der Waals surface area contributed by atoms with E-state index >= 15 is 0 Å². The lowest BCUT2D eigenvalue weighted by molar-refractivity contribution is -0.120. The van der Waals surface area contributed by atoms with Crippen LogP contribution in [-0.4, -0.2) is 24.1 Å². The number of carbonyl (C=O) groups excluding carboxylic acids is 1. The number of nitrogens with two attached hydrogens (primary N) is 1. The number of aromatic hydroxyl groups is 1. The molecule has 0 heterocycles. The lowest BCUT2D eigenvalue weighted by Crippen LogP contribution is -2.34. The van der Waals surface area contributed by atoms with E-state index in [1.54, 1.807) is 12.1 Å². The molecular formula is C11H15N5O2. The van der Waals surface area contributed by atoms with Crippen LogP contribution in [0.3, 0.4) is 0 Å². The van der Waals surface area contributed by atoms with Gasteiger partial charge < -0.3 is 16.2 Å². The highest BCUT2D eigenvalue weighted by Gasteiger charge is 2.16. The Kier molecular flexibility index (Phi) is 5.50. The Morgan fingerprint density at radius 2 is 2.17 bits per heavy atom. The van der Waals surface area contributed by atoms with Crippen molar-refractivity contribution in [1.29, 1.82) is 0 Å². The fourth-order valence-electron chi connectivity index (χ4n) is 1.49. The van der Waals surface area contributed by atoms with Gasteiger partial charge in [-0.3, -0.25) is 4.79 Å². The van der Waals surface area contributed by atoms with Crippen LogP contribution in [0, 0.1) is 0 Å². The lowest BCUT2D eigenvalue weighted by atomic mass is 10.1. The molecule has 0 aliphatic carbocycles. The Bertz CT molecular complexity index is 439. The molecule has 0 bridgehead atoms. The maximum absolute atomic E-state index is 11.3. The molecule has 0 spiro atoms. The van der Waals surface area contributed by atoms with Crippen molar-refractivity contribution in [1.82, 2.24) is 5.32 Å². The van der Waals surface area contributed by atoms with E-state index in [1.165, 1.54) is 12.1 Å². The maximum Gasteiger partial charge on any atom is 0.239 e. The Morgan fingerprint density at radius 3 is 2.72 bits per heavy atom. The molecule has 1 rings (SSSR count). The van der Waals surface area contributed by atoms with Crippen LogP contribution in [0.5, 0.6) is 5.75 Å². The van der Waals surface area contributed by atoms with Gasteiger partial charge in [-0.25, -0.2) is 0 Å². The molecule has 0 aliphatic heterocycles. The molecule has 0 saturated carbocycles. The van der Waals surface area contributed by atoms with E-state index < -0.39 is 11.9 Å². The first-order chi connectivity index (χ1) is 8.65. The number of primary amides is 1. The van der Waals surface area contributed by atoms with Crippen LogP contribution in [0.2, 0.25) is 0 Å². The number of rotatable bonds is 7. The van der Waals surface area contributed by atoms with Crippen molar-refractivity contribution in [2.45, 2.75) is 12.5 Å². The van der Waals surface area contributed by atoms with Gasteiger partial charge in [0.15, 0.2) is 0 Å². The number of hydrogen-bond acceptors (Lipinski definition) is 4. The highest BCUT2D eigenvalue weighted by molar-refractivity contribution is 5.81. The second-order valence-corrected chi connectivity index (χ2v) is 3.69. The molecule has 1 atom stereocenters. The molecule has 0 fully saturated rings. The molecule has 0 radical (unpaired) electrons. The Balaban J connectivity index is 2.57. The topological polar surface area (TPSA) is 124 Å². The number of amides is 1. The molecule has 0 aromatic heterocycles. The summed E-state index contributed by atoms with van der Waals surface area (Å²) in [6.07, 6.45) is 0.617. The highest BCUT2D eigenvalue weighted by atomic mass is 16.3. The highest BCUT2D eigenvalue weighted by Crippen LogP contribution is 2.16. The molecule has 18 heavy (non-hydrogen) atoms. The minimum absolute atomic E-state index is 0.130. The quantitative estimate of drug-likeness (QED) is 0.291. The number of carbonyl (C=O) groups is 1. The van der Waals surface area contributed by atoms with E-state index in [0.717, 1.165) is 0 Å². The summed E-state index contributed by atoms with van der Waals surface area (Å²) >= 11 is 0. The van der Waals surface area contributed by atoms with Crippen molar-refractivity contribution in [2.75, 3.05) is 13.1 Å². The van der Waals surface area contributed by atoms with Crippen molar-refractivity contribution in [3.8, 4) is 5.75 Å². The smallest absolute Gasteiger partial charge is 0.239 e. The van der Waals surface area contributed by atoms with E-state index in [9.17, 15) is 4.79 Å². The number of nitrogens with one attached hydrogen (secondary N) is 1. The van der Waals surface area contributed by atoms with Crippen LogP contribution in [0.15, 0.2) is 29.4 Å². The summed E-state index contributed by atoms with van der Waals surface area (Å²) in [6.45, 7) is 0.873. The Hall–Kier alpha value is -2.24. The molecule has 1 unspecified atom stereocenters. The van der Waals surface area contributed by atoms with Crippen LogP contribution in [0.1, 0.15) is 18.0 Å². The minimum Gasteiger partial charge on any atom is -0.508 e. The first-order valence-corrected chi connectivity index (χ1v) is 5.47. The van der Waals surface area contributed by atoms with Gasteiger partial charge in [0.25, 0.3) is 0 Å². The van der Waals surface area contributed by atoms with Crippen LogP contribution >= 0.6 is 0 Å². The molecule has 7 nitrogen and oxygen atoms in total. The van der Waals surface area contributed by atoms with Crippen molar-refractivity contribution < 1.29 is 9.90 Å². The zero-order valence-electron chi connectivity index (χ0n) is 9.78. The zero-order valence-corrected chi connectivity index (χ0v) is 9.78. The molecule has 1 aromatic carbocycles. The molecule has 1 aromatic rings. The van der Waals surface area contributed by atoms with Gasteiger partial charge in [-0.1, -0.05) is 17.2 Å². The van der Waals surface area contributed by atoms with E-state index in [-0.39, 0.29) is 5.75 Å². The number of azide groups is 1. The van der Waals surface area contributed by atoms with Crippen molar-refractivity contribution in [3.63, 3.8) is 0 Å². The Labute approximate surface area is 104 Å². The molecular weight excluding hydrogens is 234 g/mol. The van der Waals surface area contributed by atoms with Gasteiger partial charge in [0.2, 0.25) is 5.91 Å². The fraction of sp³-hybridized carbons (Fsp3) is 0.364. The third-order valence-corrected chi connectivity index (χ3v) is 2.36. The summed E-state index contributed by atoms with van der Waals surface area (Å²) in [6, 6.07) is 5.63. The van der Waals surface area contributed by atoms with Crippen molar-refractivity contribution in [2.24, 2.45) is 10.8 Å². The summed E-state index contributed by atoms with van der Waals surface area (Å²) in [5.74, 6) is -0.366. The average Bonchev–Trinajstić information content (AvgIpc) is 2.35. The van der Waals surface area contributed by atoms with Crippen LogP contribution < -0.4 is 11.1 Å². The van der Waals surface area contributed by atoms with E-state index in [0.29, 0.717) is 25.1 Å². The average molecular weight is 249 g/mol. The fourth-order valence-corrected chi connectivity index (χ4v) is 1.49. The summed E-state index contributed by atoms with van der Waals surface area (Å²) in [7, 11) is 0. The predicted molar refractivity (Wildman–Crippen MR) is 66.7 cm³/mol. The van der Waals surface area contributed by atoms with Crippen LogP contribution in [0.4, 0.5) is 0 Å². The number of nitrogens with zero attached hydrogens (tertiary/aromatic N) is 3. The molecule has 7 heteroatoms. The first kappa shape index (κ1) is 13.8. The SMILES string of the molecule is [N-]=[N+]=NCCCNC(C(N)=O)c1ccc(O)cc1. The van der Waals surface area contributed by atoms with Crippen LogP contribution in [-0.2, 0) is 4.79 Å². The molecule has 4 N–H and O–H groups in total. The second kappa shape index (κ2) is 7.16. The van der Waals surface area contributed by atoms with Gasteiger partial charge in [0, 0.05) is 11.5 Å². The van der Waals surface area contributed by atoms with Crippen molar-refractivity contribution in [3.05, 3.63) is 40.3 Å². The van der Waals surface area contributed by atoms with Crippen LogP contribution in [0.25, 0.3) is 10.4 Å². The number of hydrogen-bond donors (Lipinski definition) is 3. The van der Waals surface area contributed by atoms with Gasteiger partial charge in [0.1, 0.15) is 11.8 Å². The lowest BCUT2D eigenvalue weighted by Gasteiger charge is -2.15. The standard InChI is InChI=1S/C11H15N5O2/c12-11(18)10(14-6-1-7-15-16-13)8-2-4-9(17)5-3-8/h2-5,10,14,17H,1,6-7H2,(H2,12,18). The molecule has 0 saturated heterocycles. The molecule has 0 aliphatic rings. The monoisotopic (exact) mass is 249 g/mol. The van der Waals surface area contributed by atoms with E-state index in [2.05, 4.69) is 15.3 Å². The number of phenolic OH excluding ortho intramolecular Hbond substituents is 1. The number of benzene rings is 1. The summed E-state index contributed by atoms with van der Waals surface area (Å²) in [5, 5.41) is 15.5. The van der Waals surface area contributed by atoms with Gasteiger partial charge in [0.05, 0.1) is 0 Å². The zero-order chi connectivity index (χ0) is 13.4. The third-order valence-electron chi connectivity index (χ3n) is 2.36.